The lowest BCUT2D eigenvalue weighted by Gasteiger charge is -2.06. The minimum atomic E-state index is -0.382. The smallest absolute Gasteiger partial charge is 0.194 e. The Morgan fingerprint density at radius 2 is 1.94 bits per heavy atom. The first kappa shape index (κ1) is 12.8. The Labute approximate surface area is 113 Å². The Bertz CT molecular complexity index is 625. The van der Waals surface area contributed by atoms with E-state index in [1.807, 2.05) is 6.92 Å². The van der Waals surface area contributed by atoms with Gasteiger partial charge in [-0.2, -0.15) is 0 Å². The molecule has 0 aromatic heterocycles. The van der Waals surface area contributed by atoms with E-state index in [-0.39, 0.29) is 11.6 Å². The molecule has 0 saturated heterocycles. The zero-order chi connectivity index (χ0) is 13.3. The summed E-state index contributed by atoms with van der Waals surface area (Å²) in [7, 11) is 0. The van der Waals surface area contributed by atoms with Gasteiger partial charge in [0.15, 0.2) is 5.78 Å². The van der Waals surface area contributed by atoms with Crippen LogP contribution < -0.4 is 5.73 Å². The predicted molar refractivity (Wildman–Crippen MR) is 73.1 cm³/mol. The van der Waals surface area contributed by atoms with Crippen molar-refractivity contribution in [1.29, 1.82) is 0 Å². The quantitative estimate of drug-likeness (QED) is 0.679. The molecule has 0 spiro atoms. The molecule has 18 heavy (non-hydrogen) atoms. The van der Waals surface area contributed by atoms with Gasteiger partial charge in [0.2, 0.25) is 0 Å². The highest BCUT2D eigenvalue weighted by molar-refractivity contribution is 9.10. The molecule has 0 radical (unpaired) electrons. The third-order valence-corrected chi connectivity index (χ3v) is 3.36. The Balaban J connectivity index is 2.44. The van der Waals surface area contributed by atoms with Crippen molar-refractivity contribution >= 4 is 27.4 Å². The molecule has 2 aromatic rings. The van der Waals surface area contributed by atoms with Crippen LogP contribution >= 0.6 is 15.9 Å². The molecule has 0 bridgehead atoms. The Morgan fingerprint density at radius 3 is 2.56 bits per heavy atom. The molecule has 2 N–H and O–H groups in total. The second-order valence-electron chi connectivity index (χ2n) is 4.02. The van der Waals surface area contributed by atoms with Gasteiger partial charge >= 0.3 is 0 Å². The first-order valence-corrected chi connectivity index (χ1v) is 6.14. The van der Waals surface area contributed by atoms with Gasteiger partial charge in [-0.25, -0.2) is 4.39 Å². The fraction of sp³-hybridized carbons (Fsp3) is 0.0714. The average Bonchev–Trinajstić information content (AvgIpc) is 2.32. The van der Waals surface area contributed by atoms with E-state index in [4.69, 9.17) is 5.73 Å². The standard InChI is InChI=1S/C14H11BrFNO/c1-8-6-9(2-5-13(8)17)14(18)11-4-3-10(16)7-12(11)15/h2-7H,17H2,1H3. The molecule has 2 aromatic carbocycles. The van der Waals surface area contributed by atoms with Gasteiger partial charge in [0.05, 0.1) is 0 Å². The van der Waals surface area contributed by atoms with Gasteiger partial charge in [-0.3, -0.25) is 4.79 Å². The minimum Gasteiger partial charge on any atom is -0.399 e. The number of hydrogen-bond donors (Lipinski definition) is 1. The molecule has 0 unspecified atom stereocenters. The van der Waals surface area contributed by atoms with Gasteiger partial charge in [-0.1, -0.05) is 0 Å². The van der Waals surface area contributed by atoms with E-state index in [1.54, 1.807) is 18.2 Å². The van der Waals surface area contributed by atoms with Crippen molar-refractivity contribution in [3.05, 3.63) is 63.4 Å². The zero-order valence-electron chi connectivity index (χ0n) is 9.71. The van der Waals surface area contributed by atoms with Crippen molar-refractivity contribution in [3.63, 3.8) is 0 Å². The number of benzene rings is 2. The van der Waals surface area contributed by atoms with Crippen LogP contribution in [-0.4, -0.2) is 5.78 Å². The van der Waals surface area contributed by atoms with Crippen LogP contribution in [0.5, 0.6) is 0 Å². The number of ketones is 1. The van der Waals surface area contributed by atoms with Gasteiger partial charge in [0.1, 0.15) is 5.82 Å². The Hall–Kier alpha value is -1.68. The first-order chi connectivity index (χ1) is 8.49. The topological polar surface area (TPSA) is 43.1 Å². The molecular formula is C14H11BrFNO. The Kier molecular flexibility index (Phi) is 3.48. The molecule has 0 fully saturated rings. The summed E-state index contributed by atoms with van der Waals surface area (Å²) in [5.74, 6) is -0.545. The van der Waals surface area contributed by atoms with E-state index in [0.29, 0.717) is 21.3 Å². The van der Waals surface area contributed by atoms with Crippen LogP contribution in [-0.2, 0) is 0 Å². The van der Waals surface area contributed by atoms with Crippen LogP contribution in [0.4, 0.5) is 10.1 Å². The van der Waals surface area contributed by atoms with Crippen LogP contribution in [0, 0.1) is 12.7 Å². The second-order valence-corrected chi connectivity index (χ2v) is 4.88. The van der Waals surface area contributed by atoms with Crippen LogP contribution in [0.2, 0.25) is 0 Å². The van der Waals surface area contributed by atoms with Crippen LogP contribution in [0.25, 0.3) is 0 Å². The summed E-state index contributed by atoms with van der Waals surface area (Å²) in [4.78, 5) is 12.2. The normalized spacial score (nSPS) is 10.4. The van der Waals surface area contributed by atoms with E-state index in [1.165, 1.54) is 18.2 Å². The first-order valence-electron chi connectivity index (χ1n) is 5.35. The molecule has 0 amide bonds. The average molecular weight is 308 g/mol. The monoisotopic (exact) mass is 307 g/mol. The highest BCUT2D eigenvalue weighted by Gasteiger charge is 2.13. The number of rotatable bonds is 2. The number of anilines is 1. The third-order valence-electron chi connectivity index (χ3n) is 2.71. The van der Waals surface area contributed by atoms with Crippen molar-refractivity contribution in [2.75, 3.05) is 5.73 Å². The van der Waals surface area contributed by atoms with Crippen molar-refractivity contribution < 1.29 is 9.18 Å². The number of nitrogen functional groups attached to an aromatic ring is 1. The molecule has 0 saturated carbocycles. The van der Waals surface area contributed by atoms with Gasteiger partial charge in [-0.05, 0) is 64.8 Å². The highest BCUT2D eigenvalue weighted by Crippen LogP contribution is 2.22. The van der Waals surface area contributed by atoms with Crippen LogP contribution in [0.1, 0.15) is 21.5 Å². The molecule has 0 aliphatic heterocycles. The summed E-state index contributed by atoms with van der Waals surface area (Å²) in [6.45, 7) is 1.84. The molecular weight excluding hydrogens is 297 g/mol. The predicted octanol–water partition coefficient (Wildman–Crippen LogP) is 3.71. The van der Waals surface area contributed by atoms with E-state index < -0.39 is 0 Å². The number of carbonyl (C=O) groups is 1. The lowest BCUT2D eigenvalue weighted by Crippen LogP contribution is -2.04. The maximum absolute atomic E-state index is 13.0. The maximum Gasteiger partial charge on any atom is 0.194 e. The molecule has 0 heterocycles. The maximum atomic E-state index is 13.0. The largest absolute Gasteiger partial charge is 0.399 e. The van der Waals surface area contributed by atoms with Crippen molar-refractivity contribution in [2.45, 2.75) is 6.92 Å². The van der Waals surface area contributed by atoms with Gasteiger partial charge in [-0.15, -0.1) is 0 Å². The summed E-state index contributed by atoms with van der Waals surface area (Å²) in [5.41, 5.74) is 8.16. The number of hydrogen-bond acceptors (Lipinski definition) is 2. The SMILES string of the molecule is Cc1cc(C(=O)c2ccc(F)cc2Br)ccc1N. The zero-order valence-corrected chi connectivity index (χ0v) is 11.3. The molecule has 0 aliphatic rings. The molecule has 2 nitrogen and oxygen atoms in total. The van der Waals surface area contributed by atoms with Crippen LogP contribution in [0.15, 0.2) is 40.9 Å². The number of nitrogens with two attached hydrogens (primary N) is 1. The van der Waals surface area contributed by atoms with E-state index >= 15 is 0 Å². The lowest BCUT2D eigenvalue weighted by molar-refractivity contribution is 0.103. The van der Waals surface area contributed by atoms with Gasteiger partial charge in [0.25, 0.3) is 0 Å². The van der Waals surface area contributed by atoms with Crippen LogP contribution in [0.3, 0.4) is 0 Å². The summed E-state index contributed by atoms with van der Waals surface area (Å²) in [6, 6.07) is 9.10. The summed E-state index contributed by atoms with van der Waals surface area (Å²) in [6.07, 6.45) is 0. The number of aryl methyl sites for hydroxylation is 1. The van der Waals surface area contributed by atoms with E-state index in [2.05, 4.69) is 15.9 Å². The highest BCUT2D eigenvalue weighted by atomic mass is 79.9. The third kappa shape index (κ3) is 2.43. The van der Waals surface area contributed by atoms with Crippen molar-refractivity contribution in [1.82, 2.24) is 0 Å². The molecule has 0 atom stereocenters. The fourth-order valence-corrected chi connectivity index (χ4v) is 2.18. The molecule has 0 aliphatic carbocycles. The van der Waals surface area contributed by atoms with Crippen molar-refractivity contribution in [2.24, 2.45) is 0 Å². The molecule has 4 heteroatoms. The van der Waals surface area contributed by atoms with Gasteiger partial charge < -0.3 is 5.73 Å². The summed E-state index contributed by atoms with van der Waals surface area (Å²) in [5, 5.41) is 0. The molecule has 92 valence electrons. The van der Waals surface area contributed by atoms with Crippen molar-refractivity contribution in [3.8, 4) is 0 Å². The fourth-order valence-electron chi connectivity index (χ4n) is 1.65. The number of carbonyl (C=O) groups excluding carboxylic acids is 1. The summed E-state index contributed by atoms with van der Waals surface area (Å²) < 4.78 is 13.4. The summed E-state index contributed by atoms with van der Waals surface area (Å²) >= 11 is 3.19. The lowest BCUT2D eigenvalue weighted by atomic mass is 10.0. The molecule has 2 rings (SSSR count). The minimum absolute atomic E-state index is 0.162. The van der Waals surface area contributed by atoms with E-state index in [9.17, 15) is 9.18 Å². The van der Waals surface area contributed by atoms with E-state index in [0.717, 1.165) is 5.56 Å². The number of halogens is 2. The second kappa shape index (κ2) is 4.90. The van der Waals surface area contributed by atoms with Gasteiger partial charge in [0, 0.05) is 21.3 Å². The Morgan fingerprint density at radius 1 is 1.22 bits per heavy atom.